The summed E-state index contributed by atoms with van der Waals surface area (Å²) in [5, 5.41) is 9.26. The van der Waals surface area contributed by atoms with Gasteiger partial charge >= 0.3 is 0 Å². The second-order valence-corrected chi connectivity index (χ2v) is 6.76. The van der Waals surface area contributed by atoms with Gasteiger partial charge in [0, 0.05) is 19.0 Å². The molecule has 0 fully saturated rings. The third-order valence-corrected chi connectivity index (χ3v) is 5.17. The predicted molar refractivity (Wildman–Crippen MR) is 84.8 cm³/mol. The predicted octanol–water partition coefficient (Wildman–Crippen LogP) is 2.81. The minimum absolute atomic E-state index is 0.0316. The first-order valence-electron chi connectivity index (χ1n) is 6.77. The summed E-state index contributed by atoms with van der Waals surface area (Å²) >= 11 is 0. The van der Waals surface area contributed by atoms with Crippen LogP contribution in [-0.2, 0) is 10.0 Å². The molecular formula is C16H17NO4S. The van der Waals surface area contributed by atoms with Gasteiger partial charge in [0.25, 0.3) is 10.0 Å². The van der Waals surface area contributed by atoms with E-state index < -0.39 is 10.0 Å². The molecule has 0 aliphatic carbocycles. The van der Waals surface area contributed by atoms with Crippen LogP contribution in [0.2, 0.25) is 0 Å². The number of hydrogen-bond acceptors (Lipinski definition) is 4. The number of carbonyl (C=O) groups is 1. The Balaban J connectivity index is 2.33. The Bertz CT molecular complexity index is 765. The Hall–Kier alpha value is -2.34. The molecule has 0 aliphatic heterocycles. The summed E-state index contributed by atoms with van der Waals surface area (Å²) in [7, 11) is -2.28. The van der Waals surface area contributed by atoms with E-state index >= 15 is 0 Å². The first-order chi connectivity index (χ1) is 10.4. The number of phenolic OH excluding ortho intramolecular Hbond substituents is 1. The summed E-state index contributed by atoms with van der Waals surface area (Å²) in [6.07, 6.45) is 0.375. The van der Waals surface area contributed by atoms with Crippen molar-refractivity contribution in [3.63, 3.8) is 0 Å². The monoisotopic (exact) mass is 319 g/mol. The van der Waals surface area contributed by atoms with Gasteiger partial charge in [-0.15, -0.1) is 0 Å². The van der Waals surface area contributed by atoms with Crippen LogP contribution in [0, 0.1) is 0 Å². The van der Waals surface area contributed by atoms with Crippen molar-refractivity contribution in [2.75, 3.05) is 11.4 Å². The van der Waals surface area contributed by atoms with Gasteiger partial charge in [0.2, 0.25) is 0 Å². The van der Waals surface area contributed by atoms with Gasteiger partial charge in [-0.05, 0) is 36.4 Å². The van der Waals surface area contributed by atoms with Crippen LogP contribution < -0.4 is 4.31 Å². The van der Waals surface area contributed by atoms with Crippen molar-refractivity contribution in [3.05, 3.63) is 54.1 Å². The molecule has 0 unspecified atom stereocenters. The summed E-state index contributed by atoms with van der Waals surface area (Å²) in [5.41, 5.74) is 0.931. The average molecular weight is 319 g/mol. The van der Waals surface area contributed by atoms with Gasteiger partial charge in [-0.1, -0.05) is 19.1 Å². The molecule has 116 valence electrons. The largest absolute Gasteiger partial charge is 0.508 e. The second kappa shape index (κ2) is 6.19. The van der Waals surface area contributed by atoms with Crippen LogP contribution >= 0.6 is 0 Å². The van der Waals surface area contributed by atoms with E-state index in [9.17, 15) is 18.3 Å². The number of benzene rings is 2. The van der Waals surface area contributed by atoms with Crippen molar-refractivity contribution in [1.29, 1.82) is 0 Å². The zero-order chi connectivity index (χ0) is 16.3. The van der Waals surface area contributed by atoms with Gasteiger partial charge in [-0.2, -0.15) is 0 Å². The normalized spacial score (nSPS) is 11.2. The molecule has 0 radical (unpaired) electrons. The van der Waals surface area contributed by atoms with Crippen molar-refractivity contribution in [1.82, 2.24) is 0 Å². The number of phenols is 1. The minimum Gasteiger partial charge on any atom is -0.508 e. The van der Waals surface area contributed by atoms with Crippen molar-refractivity contribution >= 4 is 21.5 Å². The maximum Gasteiger partial charge on any atom is 0.264 e. The maximum atomic E-state index is 12.5. The Kier molecular flexibility index (Phi) is 4.51. The van der Waals surface area contributed by atoms with Crippen LogP contribution in [0.1, 0.15) is 23.7 Å². The van der Waals surface area contributed by atoms with E-state index in [1.54, 1.807) is 6.92 Å². The number of ketones is 1. The highest BCUT2D eigenvalue weighted by Gasteiger charge is 2.21. The fourth-order valence-electron chi connectivity index (χ4n) is 1.98. The van der Waals surface area contributed by atoms with Gasteiger partial charge in [0.1, 0.15) is 5.75 Å². The number of sulfonamides is 1. The lowest BCUT2D eigenvalue weighted by atomic mass is 10.1. The van der Waals surface area contributed by atoms with E-state index in [1.165, 1.54) is 55.6 Å². The smallest absolute Gasteiger partial charge is 0.264 e. The number of anilines is 1. The highest BCUT2D eigenvalue weighted by atomic mass is 32.2. The minimum atomic E-state index is -3.71. The summed E-state index contributed by atoms with van der Waals surface area (Å²) in [5.74, 6) is 0.0350. The third-order valence-electron chi connectivity index (χ3n) is 3.37. The fourth-order valence-corrected chi connectivity index (χ4v) is 3.17. The maximum absolute atomic E-state index is 12.5. The zero-order valence-corrected chi connectivity index (χ0v) is 13.2. The van der Waals surface area contributed by atoms with Gasteiger partial charge in [0.15, 0.2) is 5.78 Å². The molecule has 5 nitrogen and oxygen atoms in total. The molecule has 2 rings (SSSR count). The third kappa shape index (κ3) is 3.12. The Morgan fingerprint density at radius 2 is 1.59 bits per heavy atom. The van der Waals surface area contributed by atoms with Crippen LogP contribution in [0.15, 0.2) is 53.4 Å². The Labute approximate surface area is 129 Å². The number of aromatic hydroxyl groups is 1. The molecule has 6 heteroatoms. The number of nitrogens with zero attached hydrogens (tertiary/aromatic N) is 1. The van der Waals surface area contributed by atoms with Crippen LogP contribution in [0.5, 0.6) is 5.75 Å². The fraction of sp³-hybridized carbons (Fsp3) is 0.188. The lowest BCUT2D eigenvalue weighted by molar-refractivity contribution is 0.0988. The van der Waals surface area contributed by atoms with E-state index in [2.05, 4.69) is 0 Å². The molecule has 0 heterocycles. The molecule has 2 aromatic rings. The Morgan fingerprint density at radius 1 is 1.05 bits per heavy atom. The highest BCUT2D eigenvalue weighted by Crippen LogP contribution is 2.24. The standard InChI is InChI=1S/C16H17NO4S/c1-3-16(19)12-4-10-15(11-5-12)22(20,21)17(2)13-6-8-14(18)9-7-13/h4-11,18H,3H2,1-2H3. The molecular weight excluding hydrogens is 302 g/mol. The molecule has 0 saturated heterocycles. The molecule has 0 saturated carbocycles. The molecule has 0 amide bonds. The first-order valence-corrected chi connectivity index (χ1v) is 8.21. The molecule has 22 heavy (non-hydrogen) atoms. The van der Waals surface area contributed by atoms with Gasteiger partial charge in [-0.3, -0.25) is 9.10 Å². The summed E-state index contributed by atoms with van der Waals surface area (Å²) in [6.45, 7) is 1.76. The first kappa shape index (κ1) is 16.0. The van der Waals surface area contributed by atoms with Gasteiger partial charge in [-0.25, -0.2) is 8.42 Å². The van der Waals surface area contributed by atoms with Crippen molar-refractivity contribution < 1.29 is 18.3 Å². The summed E-state index contributed by atoms with van der Waals surface area (Å²) < 4.78 is 26.2. The molecule has 1 N–H and O–H groups in total. The molecule has 0 bridgehead atoms. The van der Waals surface area contributed by atoms with E-state index in [0.717, 1.165) is 4.31 Å². The second-order valence-electron chi connectivity index (χ2n) is 4.79. The zero-order valence-electron chi connectivity index (χ0n) is 12.4. The lowest BCUT2D eigenvalue weighted by Gasteiger charge is -2.19. The average Bonchev–Trinajstić information content (AvgIpc) is 2.54. The van der Waals surface area contributed by atoms with Gasteiger partial charge < -0.3 is 5.11 Å². The van der Waals surface area contributed by atoms with E-state index in [4.69, 9.17) is 0 Å². The summed E-state index contributed by atoms with van der Waals surface area (Å²) in [4.78, 5) is 11.7. The topological polar surface area (TPSA) is 74.7 Å². The SMILES string of the molecule is CCC(=O)c1ccc(S(=O)(=O)N(C)c2ccc(O)cc2)cc1. The lowest BCUT2D eigenvalue weighted by Crippen LogP contribution is -2.26. The van der Waals surface area contributed by atoms with Crippen LogP contribution in [0.25, 0.3) is 0 Å². The Morgan fingerprint density at radius 3 is 2.09 bits per heavy atom. The molecule has 2 aromatic carbocycles. The molecule has 0 atom stereocenters. The van der Waals surface area contributed by atoms with Crippen molar-refractivity contribution in [2.45, 2.75) is 18.2 Å². The number of Topliss-reactive ketones (excluding diaryl/α,β-unsaturated/α-hetero) is 1. The summed E-state index contributed by atoms with van der Waals surface area (Å²) in [6, 6.07) is 11.8. The van der Waals surface area contributed by atoms with E-state index in [0.29, 0.717) is 17.7 Å². The van der Waals surface area contributed by atoms with Gasteiger partial charge in [0.05, 0.1) is 10.6 Å². The van der Waals surface area contributed by atoms with E-state index in [-0.39, 0.29) is 16.4 Å². The van der Waals surface area contributed by atoms with E-state index in [1.807, 2.05) is 0 Å². The number of hydrogen-bond donors (Lipinski definition) is 1. The van der Waals surface area contributed by atoms with Crippen molar-refractivity contribution in [2.24, 2.45) is 0 Å². The number of carbonyl (C=O) groups excluding carboxylic acids is 1. The van der Waals surface area contributed by atoms with Crippen LogP contribution in [0.3, 0.4) is 0 Å². The molecule has 0 spiro atoms. The van der Waals surface area contributed by atoms with Crippen LogP contribution in [0.4, 0.5) is 5.69 Å². The molecule has 0 aromatic heterocycles. The number of rotatable bonds is 5. The van der Waals surface area contributed by atoms with Crippen molar-refractivity contribution in [3.8, 4) is 5.75 Å². The quantitative estimate of drug-likeness (QED) is 0.860. The molecule has 0 aliphatic rings. The highest BCUT2D eigenvalue weighted by molar-refractivity contribution is 7.92. The van der Waals surface area contributed by atoms with Crippen LogP contribution in [-0.4, -0.2) is 26.4 Å².